The van der Waals surface area contributed by atoms with E-state index in [-0.39, 0.29) is 11.4 Å². The number of rotatable bonds is 4. The summed E-state index contributed by atoms with van der Waals surface area (Å²) in [6.45, 7) is 0. The van der Waals surface area contributed by atoms with Gasteiger partial charge in [0.25, 0.3) is 0 Å². The molecule has 1 atom stereocenters. The van der Waals surface area contributed by atoms with Crippen molar-refractivity contribution in [2.45, 2.75) is 4.90 Å². The van der Waals surface area contributed by atoms with Gasteiger partial charge in [0.1, 0.15) is 11.6 Å². The van der Waals surface area contributed by atoms with Crippen LogP contribution in [0, 0.1) is 5.82 Å². The highest BCUT2D eigenvalue weighted by Crippen LogP contribution is 2.22. The molecule has 0 radical (unpaired) electrons. The molecular formula is C14H12BrFN2O2S. The van der Waals surface area contributed by atoms with Crippen molar-refractivity contribution >= 4 is 44.0 Å². The molecule has 0 spiro atoms. The van der Waals surface area contributed by atoms with Crippen molar-refractivity contribution in [3.05, 3.63) is 52.8 Å². The van der Waals surface area contributed by atoms with Crippen molar-refractivity contribution in [1.82, 2.24) is 0 Å². The number of carbonyl (C=O) groups is 1. The topological polar surface area (TPSA) is 72.2 Å². The van der Waals surface area contributed by atoms with Gasteiger partial charge in [-0.15, -0.1) is 0 Å². The van der Waals surface area contributed by atoms with Crippen molar-refractivity contribution in [1.29, 1.82) is 0 Å². The molecule has 0 bridgehead atoms. The third-order valence-corrected chi connectivity index (χ3v) is 4.49. The van der Waals surface area contributed by atoms with Gasteiger partial charge in [-0.2, -0.15) is 0 Å². The first-order valence-corrected chi connectivity index (χ1v) is 8.06. The van der Waals surface area contributed by atoms with Crippen LogP contribution in [0.5, 0.6) is 0 Å². The van der Waals surface area contributed by atoms with Gasteiger partial charge < -0.3 is 11.1 Å². The van der Waals surface area contributed by atoms with Crippen LogP contribution in [0.1, 0.15) is 0 Å². The molecule has 2 aromatic carbocycles. The van der Waals surface area contributed by atoms with Crippen molar-refractivity contribution in [3.8, 4) is 0 Å². The number of halogens is 2. The van der Waals surface area contributed by atoms with E-state index in [0.29, 0.717) is 10.6 Å². The van der Waals surface area contributed by atoms with E-state index >= 15 is 0 Å². The Balaban J connectivity index is 2.08. The minimum atomic E-state index is -1.61. The van der Waals surface area contributed by atoms with E-state index < -0.39 is 22.5 Å². The van der Waals surface area contributed by atoms with Crippen LogP contribution in [0.3, 0.4) is 0 Å². The summed E-state index contributed by atoms with van der Waals surface area (Å²) in [5.74, 6) is -1.38. The molecule has 0 heterocycles. The Bertz CT molecular complexity index is 709. The van der Waals surface area contributed by atoms with E-state index in [4.69, 9.17) is 5.73 Å². The lowest BCUT2D eigenvalue weighted by atomic mass is 10.3. The number of nitrogens with one attached hydrogen (secondary N) is 1. The second kappa shape index (κ2) is 6.82. The molecule has 1 amide bonds. The Morgan fingerprint density at radius 2 is 2.00 bits per heavy atom. The lowest BCUT2D eigenvalue weighted by molar-refractivity contribution is -0.113. The summed E-state index contributed by atoms with van der Waals surface area (Å²) in [5, 5.41) is 2.39. The molecule has 0 saturated heterocycles. The third kappa shape index (κ3) is 4.12. The number of amides is 1. The van der Waals surface area contributed by atoms with Gasteiger partial charge in [-0.1, -0.05) is 28.1 Å². The van der Waals surface area contributed by atoms with Crippen LogP contribution in [-0.2, 0) is 15.6 Å². The summed E-state index contributed by atoms with van der Waals surface area (Å²) in [6.07, 6.45) is 0. The fourth-order valence-electron chi connectivity index (χ4n) is 1.65. The summed E-state index contributed by atoms with van der Waals surface area (Å²) in [5.41, 5.74) is 6.14. The van der Waals surface area contributed by atoms with E-state index in [9.17, 15) is 13.4 Å². The van der Waals surface area contributed by atoms with Crippen LogP contribution in [0.4, 0.5) is 15.8 Å². The minimum absolute atomic E-state index is 0.0571. The maximum atomic E-state index is 13.4. The summed E-state index contributed by atoms with van der Waals surface area (Å²) in [7, 11) is -1.61. The van der Waals surface area contributed by atoms with Gasteiger partial charge in [-0.25, -0.2) is 4.39 Å². The van der Waals surface area contributed by atoms with E-state index in [0.717, 1.165) is 4.47 Å². The van der Waals surface area contributed by atoms with Gasteiger partial charge in [-0.05, 0) is 30.3 Å². The second-order valence-corrected chi connectivity index (χ2v) is 6.54. The first kappa shape index (κ1) is 15.7. The molecule has 2 rings (SSSR count). The number of nitrogen functional groups attached to an aromatic ring is 1. The first-order chi connectivity index (χ1) is 9.97. The molecule has 110 valence electrons. The third-order valence-electron chi connectivity index (χ3n) is 2.63. The first-order valence-electron chi connectivity index (χ1n) is 5.95. The Morgan fingerprint density at radius 1 is 1.29 bits per heavy atom. The number of carbonyl (C=O) groups excluding carboxylic acids is 1. The Hall–Kier alpha value is -1.73. The van der Waals surface area contributed by atoms with Gasteiger partial charge in [0.2, 0.25) is 5.91 Å². The molecule has 0 saturated carbocycles. The smallest absolute Gasteiger partial charge is 0.237 e. The van der Waals surface area contributed by atoms with Crippen molar-refractivity contribution in [2.24, 2.45) is 0 Å². The zero-order valence-corrected chi connectivity index (χ0v) is 13.2. The number of hydrogen-bond acceptors (Lipinski definition) is 3. The number of benzene rings is 2. The highest BCUT2D eigenvalue weighted by atomic mass is 79.9. The average Bonchev–Trinajstić information content (AvgIpc) is 2.44. The average molecular weight is 371 g/mol. The van der Waals surface area contributed by atoms with Crippen LogP contribution >= 0.6 is 15.9 Å². The molecule has 3 N–H and O–H groups in total. The molecular weight excluding hydrogens is 359 g/mol. The van der Waals surface area contributed by atoms with E-state index in [2.05, 4.69) is 21.2 Å². The van der Waals surface area contributed by atoms with Crippen LogP contribution in [0.25, 0.3) is 0 Å². The summed E-state index contributed by atoms with van der Waals surface area (Å²) in [4.78, 5) is 12.2. The largest absolute Gasteiger partial charge is 0.398 e. The van der Waals surface area contributed by atoms with Crippen molar-refractivity contribution in [3.63, 3.8) is 0 Å². The van der Waals surface area contributed by atoms with E-state index in [1.165, 1.54) is 18.2 Å². The highest BCUT2D eigenvalue weighted by molar-refractivity contribution is 9.10. The molecule has 2 aromatic rings. The predicted octanol–water partition coefficient (Wildman–Crippen LogP) is 2.92. The van der Waals surface area contributed by atoms with E-state index in [1.54, 1.807) is 24.3 Å². The van der Waals surface area contributed by atoms with Gasteiger partial charge in [0.15, 0.2) is 0 Å². The van der Waals surface area contributed by atoms with Crippen molar-refractivity contribution in [2.75, 3.05) is 16.8 Å². The fourth-order valence-corrected chi connectivity index (χ4v) is 3.22. The van der Waals surface area contributed by atoms with Crippen LogP contribution in [-0.4, -0.2) is 15.9 Å². The van der Waals surface area contributed by atoms with Gasteiger partial charge in [0.05, 0.1) is 21.4 Å². The zero-order valence-electron chi connectivity index (χ0n) is 10.8. The molecule has 0 aliphatic heterocycles. The molecule has 0 aromatic heterocycles. The van der Waals surface area contributed by atoms with Gasteiger partial charge >= 0.3 is 0 Å². The lowest BCUT2D eigenvalue weighted by Crippen LogP contribution is -2.20. The van der Waals surface area contributed by atoms with Gasteiger partial charge in [0, 0.05) is 10.2 Å². The predicted molar refractivity (Wildman–Crippen MR) is 84.9 cm³/mol. The number of anilines is 2. The van der Waals surface area contributed by atoms with Gasteiger partial charge in [-0.3, -0.25) is 9.00 Å². The SMILES string of the molecule is Nc1ccc(Br)cc1S(=O)CC(=O)Nc1ccccc1F. The monoisotopic (exact) mass is 370 g/mol. The normalized spacial score (nSPS) is 11.9. The number of para-hydroxylation sites is 1. The molecule has 0 aliphatic carbocycles. The Kier molecular flexibility index (Phi) is 5.08. The molecule has 21 heavy (non-hydrogen) atoms. The van der Waals surface area contributed by atoms with E-state index in [1.807, 2.05) is 0 Å². The number of nitrogens with two attached hydrogens (primary N) is 1. The van der Waals surface area contributed by atoms with Crippen LogP contribution in [0.2, 0.25) is 0 Å². The molecule has 7 heteroatoms. The van der Waals surface area contributed by atoms with Crippen LogP contribution < -0.4 is 11.1 Å². The molecule has 4 nitrogen and oxygen atoms in total. The maximum absolute atomic E-state index is 13.4. The van der Waals surface area contributed by atoms with Crippen molar-refractivity contribution < 1.29 is 13.4 Å². The molecule has 1 unspecified atom stereocenters. The molecule has 0 aliphatic rings. The van der Waals surface area contributed by atoms with Crippen LogP contribution in [0.15, 0.2) is 51.8 Å². The highest BCUT2D eigenvalue weighted by Gasteiger charge is 2.14. The quantitative estimate of drug-likeness (QED) is 0.812. The Labute approximate surface area is 132 Å². The standard InChI is InChI=1S/C14H12BrFN2O2S/c15-9-5-6-11(17)13(7-9)21(20)8-14(19)18-12-4-2-1-3-10(12)16/h1-7H,8,17H2,(H,18,19). The Morgan fingerprint density at radius 3 is 2.71 bits per heavy atom. The fraction of sp³-hybridized carbons (Fsp3) is 0.0714. The minimum Gasteiger partial charge on any atom is -0.398 e. The lowest BCUT2D eigenvalue weighted by Gasteiger charge is -2.08. The number of hydrogen-bond donors (Lipinski definition) is 2. The summed E-state index contributed by atoms with van der Waals surface area (Å²) in [6, 6.07) is 10.7. The zero-order chi connectivity index (χ0) is 15.4. The summed E-state index contributed by atoms with van der Waals surface area (Å²) >= 11 is 3.25. The second-order valence-electron chi connectivity index (χ2n) is 4.20. The maximum Gasteiger partial charge on any atom is 0.237 e. The molecule has 0 fully saturated rings. The summed E-state index contributed by atoms with van der Waals surface area (Å²) < 4.78 is 26.3.